The zero-order valence-corrected chi connectivity index (χ0v) is 15.0. The SMILES string of the molecule is COc1ccc(C)cc1C(=O)CCC(=O)Nc1ccc(N(C)C)nc1. The van der Waals surface area contributed by atoms with E-state index in [-0.39, 0.29) is 24.5 Å². The summed E-state index contributed by atoms with van der Waals surface area (Å²) in [6, 6.07) is 9.03. The monoisotopic (exact) mass is 341 g/mol. The van der Waals surface area contributed by atoms with E-state index in [9.17, 15) is 9.59 Å². The summed E-state index contributed by atoms with van der Waals surface area (Å²) in [4.78, 5) is 30.5. The van der Waals surface area contributed by atoms with Crippen LogP contribution in [0.2, 0.25) is 0 Å². The average molecular weight is 341 g/mol. The largest absolute Gasteiger partial charge is 0.496 e. The number of nitrogens with one attached hydrogen (secondary N) is 1. The quantitative estimate of drug-likeness (QED) is 0.784. The topological polar surface area (TPSA) is 71.5 Å². The number of hydrogen-bond acceptors (Lipinski definition) is 5. The van der Waals surface area contributed by atoms with Crippen molar-refractivity contribution in [2.24, 2.45) is 0 Å². The van der Waals surface area contributed by atoms with E-state index in [0.29, 0.717) is 17.0 Å². The first-order chi connectivity index (χ1) is 11.9. The number of aryl methyl sites for hydroxylation is 1. The summed E-state index contributed by atoms with van der Waals surface area (Å²) in [6.07, 6.45) is 1.82. The molecule has 0 saturated heterocycles. The lowest BCUT2D eigenvalue weighted by Crippen LogP contribution is -2.15. The minimum atomic E-state index is -0.223. The van der Waals surface area contributed by atoms with Crippen molar-refractivity contribution in [3.63, 3.8) is 0 Å². The van der Waals surface area contributed by atoms with E-state index >= 15 is 0 Å². The minimum absolute atomic E-state index is 0.103. The van der Waals surface area contributed by atoms with Crippen LogP contribution in [0.15, 0.2) is 36.5 Å². The number of pyridine rings is 1. The molecule has 0 aliphatic rings. The molecule has 0 fully saturated rings. The Bertz CT molecular complexity index is 755. The maximum atomic E-state index is 12.4. The molecule has 132 valence electrons. The van der Waals surface area contributed by atoms with Crippen LogP contribution in [-0.4, -0.2) is 37.9 Å². The summed E-state index contributed by atoms with van der Waals surface area (Å²) in [6.45, 7) is 1.91. The molecule has 1 heterocycles. The number of hydrogen-bond donors (Lipinski definition) is 1. The number of carbonyl (C=O) groups excluding carboxylic acids is 2. The molecule has 1 amide bonds. The highest BCUT2D eigenvalue weighted by atomic mass is 16.5. The van der Waals surface area contributed by atoms with Crippen LogP contribution in [0.5, 0.6) is 5.75 Å². The number of rotatable bonds is 7. The van der Waals surface area contributed by atoms with E-state index in [1.807, 2.05) is 38.1 Å². The van der Waals surface area contributed by atoms with Crippen LogP contribution in [0, 0.1) is 6.92 Å². The van der Waals surface area contributed by atoms with Crippen LogP contribution in [0.3, 0.4) is 0 Å². The lowest BCUT2D eigenvalue weighted by Gasteiger charge is -2.12. The Morgan fingerprint density at radius 2 is 1.92 bits per heavy atom. The normalized spacial score (nSPS) is 10.2. The van der Waals surface area contributed by atoms with Crippen molar-refractivity contribution in [1.82, 2.24) is 4.98 Å². The number of carbonyl (C=O) groups is 2. The molecular weight excluding hydrogens is 318 g/mol. The van der Waals surface area contributed by atoms with Crippen LogP contribution in [0.4, 0.5) is 11.5 Å². The van der Waals surface area contributed by atoms with Gasteiger partial charge in [0.25, 0.3) is 0 Å². The Morgan fingerprint density at radius 1 is 1.16 bits per heavy atom. The second kappa shape index (κ2) is 8.28. The van der Waals surface area contributed by atoms with Crippen LogP contribution in [-0.2, 0) is 4.79 Å². The number of ketones is 1. The summed E-state index contributed by atoms with van der Waals surface area (Å²) in [7, 11) is 5.32. The number of aromatic nitrogens is 1. The molecule has 1 aromatic heterocycles. The summed E-state index contributed by atoms with van der Waals surface area (Å²) < 4.78 is 5.22. The van der Waals surface area contributed by atoms with Crippen molar-refractivity contribution in [2.75, 3.05) is 31.4 Å². The predicted octanol–water partition coefficient (Wildman–Crippen LogP) is 3.07. The van der Waals surface area contributed by atoms with Crippen molar-refractivity contribution >= 4 is 23.2 Å². The Kier molecular flexibility index (Phi) is 6.11. The summed E-state index contributed by atoms with van der Waals surface area (Å²) in [5.41, 5.74) is 2.09. The molecule has 2 aromatic rings. The van der Waals surface area contributed by atoms with E-state index in [1.54, 1.807) is 24.4 Å². The third kappa shape index (κ3) is 5.04. The van der Waals surface area contributed by atoms with Crippen molar-refractivity contribution in [1.29, 1.82) is 0 Å². The lowest BCUT2D eigenvalue weighted by molar-refractivity contribution is -0.116. The van der Waals surface area contributed by atoms with Crippen LogP contribution in [0.1, 0.15) is 28.8 Å². The zero-order chi connectivity index (χ0) is 18.4. The highest BCUT2D eigenvalue weighted by Gasteiger charge is 2.14. The molecule has 0 saturated carbocycles. The molecule has 0 atom stereocenters. The number of benzene rings is 1. The number of anilines is 2. The third-order valence-electron chi connectivity index (χ3n) is 3.72. The zero-order valence-electron chi connectivity index (χ0n) is 15.0. The van der Waals surface area contributed by atoms with E-state index in [4.69, 9.17) is 4.74 Å². The first-order valence-electron chi connectivity index (χ1n) is 8.01. The lowest BCUT2D eigenvalue weighted by atomic mass is 10.0. The van der Waals surface area contributed by atoms with Crippen molar-refractivity contribution in [2.45, 2.75) is 19.8 Å². The summed E-state index contributed by atoms with van der Waals surface area (Å²) >= 11 is 0. The van der Waals surface area contributed by atoms with Gasteiger partial charge in [-0.15, -0.1) is 0 Å². The van der Waals surface area contributed by atoms with Gasteiger partial charge in [0.15, 0.2) is 5.78 Å². The summed E-state index contributed by atoms with van der Waals surface area (Å²) in [5.74, 6) is 0.996. The molecule has 0 spiro atoms. The Hall–Kier alpha value is -2.89. The molecule has 6 heteroatoms. The molecular formula is C19H23N3O3. The molecule has 6 nitrogen and oxygen atoms in total. The predicted molar refractivity (Wildman–Crippen MR) is 98.5 cm³/mol. The van der Waals surface area contributed by atoms with Crippen LogP contribution < -0.4 is 15.0 Å². The number of Topliss-reactive ketones (excluding diaryl/α,β-unsaturated/α-hetero) is 1. The average Bonchev–Trinajstić information content (AvgIpc) is 2.60. The molecule has 0 radical (unpaired) electrons. The number of amides is 1. The van der Waals surface area contributed by atoms with Crippen LogP contribution in [0.25, 0.3) is 0 Å². The van der Waals surface area contributed by atoms with E-state index in [2.05, 4.69) is 10.3 Å². The fourth-order valence-corrected chi connectivity index (χ4v) is 2.35. The molecule has 25 heavy (non-hydrogen) atoms. The maximum absolute atomic E-state index is 12.4. The van der Waals surface area contributed by atoms with E-state index in [1.165, 1.54) is 7.11 Å². The number of methoxy groups -OCH3 is 1. The fourth-order valence-electron chi connectivity index (χ4n) is 2.35. The third-order valence-corrected chi connectivity index (χ3v) is 3.72. The molecule has 0 unspecified atom stereocenters. The van der Waals surface area contributed by atoms with Gasteiger partial charge in [-0.3, -0.25) is 9.59 Å². The van der Waals surface area contributed by atoms with Gasteiger partial charge in [0.2, 0.25) is 5.91 Å². The fraction of sp³-hybridized carbons (Fsp3) is 0.316. The van der Waals surface area contributed by atoms with E-state index in [0.717, 1.165) is 11.4 Å². The molecule has 0 aliphatic carbocycles. The number of nitrogens with zero attached hydrogens (tertiary/aromatic N) is 2. The van der Waals surface area contributed by atoms with Gasteiger partial charge in [-0.1, -0.05) is 11.6 Å². The summed E-state index contributed by atoms with van der Waals surface area (Å²) in [5, 5.41) is 2.75. The standard InChI is InChI=1S/C19H23N3O3/c1-13-5-8-17(25-4)15(11-13)16(23)7-10-19(24)21-14-6-9-18(20-12-14)22(2)3/h5-6,8-9,11-12H,7,10H2,1-4H3,(H,21,24). The molecule has 2 rings (SSSR count). The van der Waals surface area contributed by atoms with Gasteiger partial charge in [0, 0.05) is 26.9 Å². The van der Waals surface area contributed by atoms with Gasteiger partial charge in [-0.2, -0.15) is 0 Å². The second-order valence-corrected chi connectivity index (χ2v) is 5.97. The van der Waals surface area contributed by atoms with Crippen molar-refractivity contribution in [3.05, 3.63) is 47.7 Å². The first-order valence-corrected chi connectivity index (χ1v) is 8.01. The minimum Gasteiger partial charge on any atom is -0.496 e. The smallest absolute Gasteiger partial charge is 0.224 e. The van der Waals surface area contributed by atoms with Gasteiger partial charge in [0.05, 0.1) is 24.6 Å². The highest BCUT2D eigenvalue weighted by Crippen LogP contribution is 2.22. The second-order valence-electron chi connectivity index (χ2n) is 5.97. The van der Waals surface area contributed by atoms with Gasteiger partial charge in [-0.05, 0) is 31.2 Å². The first kappa shape index (κ1) is 18.4. The maximum Gasteiger partial charge on any atom is 0.224 e. The van der Waals surface area contributed by atoms with Crippen LogP contribution >= 0.6 is 0 Å². The molecule has 0 bridgehead atoms. The Morgan fingerprint density at radius 3 is 2.52 bits per heavy atom. The van der Waals surface area contributed by atoms with Gasteiger partial charge >= 0.3 is 0 Å². The van der Waals surface area contributed by atoms with Crippen molar-refractivity contribution < 1.29 is 14.3 Å². The Labute approximate surface area is 147 Å². The van der Waals surface area contributed by atoms with Crippen molar-refractivity contribution in [3.8, 4) is 5.75 Å². The van der Waals surface area contributed by atoms with Gasteiger partial charge < -0.3 is 15.0 Å². The molecule has 1 aromatic carbocycles. The number of ether oxygens (including phenoxy) is 1. The molecule has 0 aliphatic heterocycles. The molecule has 1 N–H and O–H groups in total. The Balaban J connectivity index is 1.93. The van der Waals surface area contributed by atoms with E-state index < -0.39 is 0 Å². The van der Waals surface area contributed by atoms with Gasteiger partial charge in [-0.25, -0.2) is 4.98 Å². The highest BCUT2D eigenvalue weighted by molar-refractivity contribution is 6.01. The van der Waals surface area contributed by atoms with Gasteiger partial charge in [0.1, 0.15) is 11.6 Å².